The summed E-state index contributed by atoms with van der Waals surface area (Å²) in [5.74, 6) is 0.192. The van der Waals surface area contributed by atoms with E-state index in [9.17, 15) is 9.18 Å². The van der Waals surface area contributed by atoms with E-state index in [1.54, 1.807) is 24.4 Å². The topological polar surface area (TPSA) is 51.2 Å². The van der Waals surface area contributed by atoms with Crippen molar-refractivity contribution in [3.63, 3.8) is 0 Å². The third-order valence-corrected chi connectivity index (χ3v) is 4.66. The Hall–Kier alpha value is -3.21. The largest absolute Gasteiger partial charge is 0.439 e. The molecule has 2 aromatic carbocycles. The third-order valence-electron chi connectivity index (χ3n) is 4.66. The number of aryl methyl sites for hydroxylation is 2. The fourth-order valence-corrected chi connectivity index (χ4v) is 3.28. The number of hydrogen-bond donors (Lipinski definition) is 1. The van der Waals surface area contributed by atoms with Crippen molar-refractivity contribution < 1.29 is 13.9 Å². The van der Waals surface area contributed by atoms with Crippen LogP contribution in [0.5, 0.6) is 11.6 Å². The Morgan fingerprint density at radius 3 is 2.85 bits per heavy atom. The molecule has 136 valence electrons. The van der Waals surface area contributed by atoms with E-state index < -0.39 is 0 Å². The van der Waals surface area contributed by atoms with Gasteiger partial charge in [0.15, 0.2) is 0 Å². The number of halogens is 1. The molecule has 0 fully saturated rings. The molecule has 1 aromatic heterocycles. The minimum Gasteiger partial charge on any atom is -0.439 e. The molecule has 4 nitrogen and oxygen atoms in total. The van der Waals surface area contributed by atoms with Crippen molar-refractivity contribution in [3.8, 4) is 11.6 Å². The summed E-state index contributed by atoms with van der Waals surface area (Å²) in [4.78, 5) is 16.7. The highest BCUT2D eigenvalue weighted by atomic mass is 19.1. The van der Waals surface area contributed by atoms with Crippen LogP contribution < -0.4 is 10.1 Å². The Bertz CT molecular complexity index is 988. The van der Waals surface area contributed by atoms with Crippen LogP contribution in [-0.2, 0) is 19.4 Å². The van der Waals surface area contributed by atoms with E-state index >= 15 is 0 Å². The number of fused-ring (bicyclic) bond motifs is 1. The Morgan fingerprint density at radius 2 is 1.96 bits per heavy atom. The summed E-state index contributed by atoms with van der Waals surface area (Å²) in [7, 11) is 0. The molecule has 0 aliphatic heterocycles. The molecule has 0 saturated heterocycles. The lowest BCUT2D eigenvalue weighted by Gasteiger charge is -2.11. The minimum absolute atomic E-state index is 0.134. The van der Waals surface area contributed by atoms with Crippen molar-refractivity contribution in [2.24, 2.45) is 0 Å². The van der Waals surface area contributed by atoms with Crippen LogP contribution in [-0.4, -0.2) is 10.9 Å². The Balaban J connectivity index is 1.46. The zero-order chi connectivity index (χ0) is 18.6. The number of ether oxygens (including phenoxy) is 1. The van der Waals surface area contributed by atoms with Crippen LogP contribution in [0.2, 0.25) is 0 Å². The second-order valence-corrected chi connectivity index (χ2v) is 6.55. The first kappa shape index (κ1) is 17.2. The van der Waals surface area contributed by atoms with Gasteiger partial charge in [0, 0.05) is 29.9 Å². The highest BCUT2D eigenvalue weighted by Crippen LogP contribution is 2.24. The summed E-state index contributed by atoms with van der Waals surface area (Å²) >= 11 is 0. The number of nitrogens with zero attached hydrogens (tertiary/aromatic N) is 1. The van der Waals surface area contributed by atoms with Gasteiger partial charge in [0.25, 0.3) is 5.91 Å². The zero-order valence-corrected chi connectivity index (χ0v) is 14.7. The van der Waals surface area contributed by atoms with E-state index in [0.29, 0.717) is 17.2 Å². The number of aromatic nitrogens is 1. The maximum Gasteiger partial charge on any atom is 0.251 e. The molecule has 0 saturated carbocycles. The Morgan fingerprint density at radius 1 is 1.07 bits per heavy atom. The molecule has 0 bridgehead atoms. The standard InChI is InChI=1S/C22H19FN2O2/c23-19-7-2-8-20(13-19)27-22-18(6-3-11-24-22)14-25-21(26)17-10-9-15-4-1-5-16(15)12-17/h2-3,6-13H,1,4-5,14H2,(H,25,26). The van der Waals surface area contributed by atoms with E-state index in [-0.39, 0.29) is 18.3 Å². The molecule has 0 unspecified atom stereocenters. The van der Waals surface area contributed by atoms with Crippen molar-refractivity contribution in [3.05, 3.63) is 88.9 Å². The van der Waals surface area contributed by atoms with Crippen molar-refractivity contribution in [2.45, 2.75) is 25.8 Å². The molecule has 1 aliphatic carbocycles. The number of nitrogens with one attached hydrogen (secondary N) is 1. The molecule has 27 heavy (non-hydrogen) atoms. The second kappa shape index (κ2) is 7.58. The van der Waals surface area contributed by atoms with Gasteiger partial charge in [0.1, 0.15) is 11.6 Å². The van der Waals surface area contributed by atoms with Gasteiger partial charge in [-0.15, -0.1) is 0 Å². The lowest BCUT2D eigenvalue weighted by atomic mass is 10.1. The van der Waals surface area contributed by atoms with Gasteiger partial charge in [-0.2, -0.15) is 0 Å². The molecular formula is C22H19FN2O2. The molecule has 0 radical (unpaired) electrons. The average Bonchev–Trinajstić information content (AvgIpc) is 3.15. The van der Waals surface area contributed by atoms with Crippen molar-refractivity contribution >= 4 is 5.91 Å². The van der Waals surface area contributed by atoms with E-state index in [1.807, 2.05) is 24.3 Å². The van der Waals surface area contributed by atoms with Crippen molar-refractivity contribution in [1.82, 2.24) is 10.3 Å². The van der Waals surface area contributed by atoms with Gasteiger partial charge in [-0.1, -0.05) is 18.2 Å². The lowest BCUT2D eigenvalue weighted by molar-refractivity contribution is 0.0950. The molecule has 1 heterocycles. The van der Waals surface area contributed by atoms with Crippen LogP contribution >= 0.6 is 0 Å². The smallest absolute Gasteiger partial charge is 0.251 e. The first-order chi connectivity index (χ1) is 13.2. The Kier molecular flexibility index (Phi) is 4.83. The summed E-state index contributed by atoms with van der Waals surface area (Å²) in [6.45, 7) is 0.272. The van der Waals surface area contributed by atoms with Crippen LogP contribution in [0.25, 0.3) is 0 Å². The number of benzene rings is 2. The summed E-state index contributed by atoms with van der Waals surface area (Å²) in [6.07, 6.45) is 4.87. The fourth-order valence-electron chi connectivity index (χ4n) is 3.28. The lowest BCUT2D eigenvalue weighted by Crippen LogP contribution is -2.23. The molecule has 0 atom stereocenters. The van der Waals surface area contributed by atoms with E-state index in [0.717, 1.165) is 24.8 Å². The monoisotopic (exact) mass is 362 g/mol. The van der Waals surface area contributed by atoms with Crippen LogP contribution in [0.15, 0.2) is 60.8 Å². The number of pyridine rings is 1. The third kappa shape index (κ3) is 3.97. The molecule has 5 heteroatoms. The van der Waals surface area contributed by atoms with E-state index in [1.165, 1.54) is 23.3 Å². The van der Waals surface area contributed by atoms with Crippen LogP contribution in [0, 0.1) is 5.82 Å². The quantitative estimate of drug-likeness (QED) is 0.730. The summed E-state index contributed by atoms with van der Waals surface area (Å²) in [5, 5.41) is 2.91. The van der Waals surface area contributed by atoms with Crippen molar-refractivity contribution in [1.29, 1.82) is 0 Å². The maximum atomic E-state index is 13.3. The van der Waals surface area contributed by atoms with Gasteiger partial charge < -0.3 is 10.1 Å². The summed E-state index contributed by atoms with van der Waals surface area (Å²) < 4.78 is 19.0. The number of carbonyl (C=O) groups is 1. The number of carbonyl (C=O) groups excluding carboxylic acids is 1. The zero-order valence-electron chi connectivity index (χ0n) is 14.7. The first-order valence-electron chi connectivity index (χ1n) is 8.96. The molecule has 1 aliphatic rings. The average molecular weight is 362 g/mol. The second-order valence-electron chi connectivity index (χ2n) is 6.55. The fraction of sp³-hybridized carbons (Fsp3) is 0.182. The van der Waals surface area contributed by atoms with Gasteiger partial charge in [-0.25, -0.2) is 9.37 Å². The van der Waals surface area contributed by atoms with Gasteiger partial charge in [-0.3, -0.25) is 4.79 Å². The molecule has 4 rings (SSSR count). The predicted molar refractivity (Wildman–Crippen MR) is 100 cm³/mol. The number of rotatable bonds is 5. The van der Waals surface area contributed by atoms with Crippen LogP contribution in [0.1, 0.15) is 33.5 Å². The van der Waals surface area contributed by atoms with Crippen molar-refractivity contribution in [2.75, 3.05) is 0 Å². The minimum atomic E-state index is -0.380. The normalized spacial score (nSPS) is 12.5. The van der Waals surface area contributed by atoms with E-state index in [4.69, 9.17) is 4.74 Å². The highest BCUT2D eigenvalue weighted by molar-refractivity contribution is 5.94. The van der Waals surface area contributed by atoms with Gasteiger partial charge in [0.2, 0.25) is 5.88 Å². The molecule has 1 N–H and O–H groups in total. The maximum absolute atomic E-state index is 13.3. The summed E-state index contributed by atoms with van der Waals surface area (Å²) in [5.41, 5.74) is 3.98. The molecule has 3 aromatic rings. The number of amides is 1. The van der Waals surface area contributed by atoms with Gasteiger partial charge >= 0.3 is 0 Å². The van der Waals surface area contributed by atoms with Crippen LogP contribution in [0.4, 0.5) is 4.39 Å². The molecule has 1 amide bonds. The summed E-state index contributed by atoms with van der Waals surface area (Å²) in [6, 6.07) is 15.4. The van der Waals surface area contributed by atoms with E-state index in [2.05, 4.69) is 10.3 Å². The molecule has 0 spiro atoms. The van der Waals surface area contributed by atoms with Gasteiger partial charge in [-0.05, 0) is 60.7 Å². The molecular weight excluding hydrogens is 343 g/mol. The first-order valence-corrected chi connectivity index (χ1v) is 8.96. The Labute approximate surface area is 157 Å². The SMILES string of the molecule is O=C(NCc1cccnc1Oc1cccc(F)c1)c1ccc2c(c1)CCC2. The predicted octanol–water partition coefficient (Wildman–Crippen LogP) is 4.43. The highest BCUT2D eigenvalue weighted by Gasteiger charge is 2.14. The van der Waals surface area contributed by atoms with Gasteiger partial charge in [0.05, 0.1) is 0 Å². The van der Waals surface area contributed by atoms with Crippen LogP contribution in [0.3, 0.4) is 0 Å². The number of hydrogen-bond acceptors (Lipinski definition) is 3.